The molecular formula is C11H11BrN6S. The zero-order chi connectivity index (χ0) is 13.2. The molecule has 19 heavy (non-hydrogen) atoms. The topological polar surface area (TPSA) is 68.0 Å². The van der Waals surface area contributed by atoms with Gasteiger partial charge < -0.3 is 5.32 Å². The van der Waals surface area contributed by atoms with Gasteiger partial charge in [-0.05, 0) is 33.9 Å². The Kier molecular flexibility index (Phi) is 3.43. The summed E-state index contributed by atoms with van der Waals surface area (Å²) < 4.78 is 6.85. The van der Waals surface area contributed by atoms with Crippen LogP contribution in [0.1, 0.15) is 17.5 Å². The highest BCUT2D eigenvalue weighted by molar-refractivity contribution is 9.10. The summed E-state index contributed by atoms with van der Waals surface area (Å²) in [5.74, 6) is 1.50. The van der Waals surface area contributed by atoms with Gasteiger partial charge in [-0.1, -0.05) is 6.92 Å². The van der Waals surface area contributed by atoms with Crippen LogP contribution in [0.3, 0.4) is 0 Å². The van der Waals surface area contributed by atoms with E-state index in [-0.39, 0.29) is 0 Å². The molecule has 0 amide bonds. The van der Waals surface area contributed by atoms with Crippen LogP contribution in [0.25, 0.3) is 5.78 Å². The molecule has 0 spiro atoms. The standard InChI is InChI=1S/C11H11BrN6S/c1-2-7-3-10(18-11(17-7)14-6-15-18)13-5-9-8(12)4-16-19-9/h3-4,6,13H,2,5H2,1H3. The molecule has 3 heterocycles. The van der Waals surface area contributed by atoms with Gasteiger partial charge in [0.1, 0.15) is 12.1 Å². The van der Waals surface area contributed by atoms with E-state index in [1.54, 1.807) is 10.7 Å². The van der Waals surface area contributed by atoms with Gasteiger partial charge in [-0.2, -0.15) is 19.0 Å². The Morgan fingerprint density at radius 1 is 1.47 bits per heavy atom. The second-order valence-corrected chi connectivity index (χ2v) is 5.65. The molecule has 0 fully saturated rings. The molecule has 0 bridgehead atoms. The van der Waals surface area contributed by atoms with Crippen molar-refractivity contribution in [1.29, 1.82) is 0 Å². The lowest BCUT2D eigenvalue weighted by molar-refractivity contribution is 0.903. The second-order valence-electron chi connectivity index (χ2n) is 3.91. The Morgan fingerprint density at radius 3 is 3.11 bits per heavy atom. The number of aryl methyl sites for hydroxylation is 1. The van der Waals surface area contributed by atoms with Crippen molar-refractivity contribution in [2.75, 3.05) is 5.32 Å². The smallest absolute Gasteiger partial charge is 0.254 e. The van der Waals surface area contributed by atoms with Gasteiger partial charge in [-0.15, -0.1) is 0 Å². The molecule has 1 N–H and O–H groups in total. The van der Waals surface area contributed by atoms with E-state index in [1.165, 1.54) is 17.9 Å². The van der Waals surface area contributed by atoms with Crippen molar-refractivity contribution < 1.29 is 0 Å². The van der Waals surface area contributed by atoms with E-state index in [9.17, 15) is 0 Å². The van der Waals surface area contributed by atoms with E-state index in [0.717, 1.165) is 27.3 Å². The van der Waals surface area contributed by atoms with Crippen LogP contribution in [0, 0.1) is 0 Å². The number of hydrogen-bond acceptors (Lipinski definition) is 6. The van der Waals surface area contributed by atoms with Gasteiger partial charge in [-0.25, -0.2) is 4.98 Å². The van der Waals surface area contributed by atoms with Crippen molar-refractivity contribution in [3.63, 3.8) is 0 Å². The van der Waals surface area contributed by atoms with Gasteiger partial charge in [0.15, 0.2) is 0 Å². The van der Waals surface area contributed by atoms with Crippen LogP contribution in [-0.4, -0.2) is 24.0 Å². The average molecular weight is 339 g/mol. The summed E-state index contributed by atoms with van der Waals surface area (Å²) in [6.07, 6.45) is 4.18. The van der Waals surface area contributed by atoms with Crippen molar-refractivity contribution in [2.24, 2.45) is 0 Å². The molecule has 0 aliphatic carbocycles. The maximum Gasteiger partial charge on any atom is 0.254 e. The maximum atomic E-state index is 4.41. The highest BCUT2D eigenvalue weighted by Crippen LogP contribution is 2.21. The van der Waals surface area contributed by atoms with Gasteiger partial charge in [0, 0.05) is 11.8 Å². The lowest BCUT2D eigenvalue weighted by Crippen LogP contribution is -2.07. The third kappa shape index (κ3) is 2.45. The van der Waals surface area contributed by atoms with E-state index in [4.69, 9.17) is 0 Å². The Balaban J connectivity index is 1.91. The molecule has 0 radical (unpaired) electrons. The molecular weight excluding hydrogens is 328 g/mol. The van der Waals surface area contributed by atoms with E-state index in [0.29, 0.717) is 12.3 Å². The Hall–Kier alpha value is -1.54. The average Bonchev–Trinajstić information content (AvgIpc) is 3.04. The lowest BCUT2D eigenvalue weighted by atomic mass is 10.3. The number of anilines is 1. The van der Waals surface area contributed by atoms with E-state index >= 15 is 0 Å². The van der Waals surface area contributed by atoms with E-state index in [2.05, 4.69) is 47.6 Å². The number of fused-ring (bicyclic) bond motifs is 1. The molecule has 0 atom stereocenters. The zero-order valence-electron chi connectivity index (χ0n) is 10.2. The number of aromatic nitrogens is 5. The first kappa shape index (κ1) is 12.5. The van der Waals surface area contributed by atoms with E-state index in [1.807, 2.05) is 6.07 Å². The van der Waals surface area contributed by atoms with Gasteiger partial charge in [0.25, 0.3) is 5.78 Å². The molecule has 0 saturated carbocycles. The molecule has 0 saturated heterocycles. The van der Waals surface area contributed by atoms with Gasteiger partial charge in [0.2, 0.25) is 0 Å². The largest absolute Gasteiger partial charge is 0.365 e. The lowest BCUT2D eigenvalue weighted by Gasteiger charge is -2.08. The molecule has 0 unspecified atom stereocenters. The van der Waals surface area contributed by atoms with Gasteiger partial charge >= 0.3 is 0 Å². The molecule has 98 valence electrons. The summed E-state index contributed by atoms with van der Waals surface area (Å²) in [6, 6.07) is 2.00. The van der Waals surface area contributed by atoms with Crippen LogP contribution in [0.5, 0.6) is 0 Å². The van der Waals surface area contributed by atoms with Crippen molar-refractivity contribution in [1.82, 2.24) is 24.0 Å². The number of rotatable bonds is 4. The molecule has 0 aliphatic heterocycles. The van der Waals surface area contributed by atoms with Crippen molar-refractivity contribution >= 4 is 39.1 Å². The SMILES string of the molecule is CCc1cc(NCc2sncc2Br)n2ncnc2n1. The third-order valence-corrected chi connectivity index (χ3v) is 4.43. The van der Waals surface area contributed by atoms with Crippen LogP contribution < -0.4 is 5.32 Å². The predicted octanol–water partition coefficient (Wildman–Crippen LogP) is 2.52. The first-order valence-corrected chi connectivity index (χ1v) is 7.37. The highest BCUT2D eigenvalue weighted by atomic mass is 79.9. The molecule has 8 heteroatoms. The number of nitrogens with one attached hydrogen (secondary N) is 1. The van der Waals surface area contributed by atoms with Gasteiger partial charge in [0.05, 0.1) is 22.1 Å². The number of hydrogen-bond donors (Lipinski definition) is 1. The molecule has 6 nitrogen and oxygen atoms in total. The fourth-order valence-corrected chi connectivity index (χ4v) is 2.86. The maximum absolute atomic E-state index is 4.41. The molecule has 0 aliphatic rings. The number of nitrogens with zero attached hydrogens (tertiary/aromatic N) is 5. The van der Waals surface area contributed by atoms with E-state index < -0.39 is 0 Å². The molecule has 3 aromatic heterocycles. The summed E-state index contributed by atoms with van der Waals surface area (Å²) in [4.78, 5) is 9.68. The quantitative estimate of drug-likeness (QED) is 0.791. The van der Waals surface area contributed by atoms with Gasteiger partial charge in [-0.3, -0.25) is 0 Å². The van der Waals surface area contributed by atoms with Crippen molar-refractivity contribution in [2.45, 2.75) is 19.9 Å². The fraction of sp³-hybridized carbons (Fsp3) is 0.273. The van der Waals surface area contributed by atoms with Crippen LogP contribution in [0.4, 0.5) is 5.82 Å². The summed E-state index contributed by atoms with van der Waals surface area (Å²) in [7, 11) is 0. The molecule has 3 aromatic rings. The highest BCUT2D eigenvalue weighted by Gasteiger charge is 2.08. The van der Waals surface area contributed by atoms with Crippen molar-refractivity contribution in [3.05, 3.63) is 33.6 Å². The Labute approximate surface area is 122 Å². The minimum atomic E-state index is 0.616. The normalized spacial score (nSPS) is 11.1. The third-order valence-electron chi connectivity index (χ3n) is 2.69. The second kappa shape index (κ2) is 5.22. The number of halogens is 1. The van der Waals surface area contributed by atoms with Crippen LogP contribution in [0.2, 0.25) is 0 Å². The summed E-state index contributed by atoms with van der Waals surface area (Å²) in [5.41, 5.74) is 0.992. The summed E-state index contributed by atoms with van der Waals surface area (Å²) >= 11 is 4.94. The molecule has 3 rings (SSSR count). The van der Waals surface area contributed by atoms with Crippen LogP contribution in [0.15, 0.2) is 23.1 Å². The summed E-state index contributed by atoms with van der Waals surface area (Å²) in [6.45, 7) is 2.76. The first-order chi connectivity index (χ1) is 9.28. The minimum Gasteiger partial charge on any atom is -0.365 e. The van der Waals surface area contributed by atoms with Crippen molar-refractivity contribution in [3.8, 4) is 0 Å². The minimum absolute atomic E-state index is 0.616. The predicted molar refractivity (Wildman–Crippen MR) is 77.3 cm³/mol. The first-order valence-electron chi connectivity index (χ1n) is 5.80. The zero-order valence-corrected chi connectivity index (χ0v) is 12.6. The monoisotopic (exact) mass is 338 g/mol. The fourth-order valence-electron chi connectivity index (χ4n) is 1.71. The van der Waals surface area contributed by atoms with Crippen LogP contribution in [-0.2, 0) is 13.0 Å². The Bertz CT molecular complexity index is 706. The Morgan fingerprint density at radius 2 is 2.37 bits per heavy atom. The van der Waals surface area contributed by atoms with Crippen LogP contribution >= 0.6 is 27.5 Å². The molecule has 0 aromatic carbocycles. The summed E-state index contributed by atoms with van der Waals surface area (Å²) in [5, 5.41) is 7.53.